The van der Waals surface area contributed by atoms with Crippen molar-refractivity contribution in [2.75, 3.05) is 14.2 Å². The lowest BCUT2D eigenvalue weighted by Gasteiger charge is -2.20. The fourth-order valence-corrected chi connectivity index (χ4v) is 3.18. The first kappa shape index (κ1) is 16.1. The summed E-state index contributed by atoms with van der Waals surface area (Å²) in [5.41, 5.74) is 7.05. The molecule has 6 heteroatoms. The van der Waals surface area contributed by atoms with Crippen LogP contribution in [0.1, 0.15) is 17.2 Å². The molecule has 21 heavy (non-hydrogen) atoms. The molecule has 0 aromatic heterocycles. The van der Waals surface area contributed by atoms with Crippen molar-refractivity contribution in [2.24, 2.45) is 5.73 Å². The predicted octanol–water partition coefficient (Wildman–Crippen LogP) is 4.31. The molecule has 1 atom stereocenters. The molecule has 0 aliphatic heterocycles. The summed E-state index contributed by atoms with van der Waals surface area (Å²) in [5.74, 6) is 0.442. The molecule has 0 spiro atoms. The number of halogens is 3. The number of ether oxygens (including phenoxy) is 2. The fourth-order valence-electron chi connectivity index (χ4n) is 2.18. The normalized spacial score (nSPS) is 12.1. The summed E-state index contributed by atoms with van der Waals surface area (Å²) in [7, 11) is 2.99. The second-order valence-electron chi connectivity index (χ2n) is 4.34. The van der Waals surface area contributed by atoms with Crippen molar-refractivity contribution in [3.8, 4) is 11.5 Å². The Morgan fingerprint density at radius 1 is 1.24 bits per heavy atom. The van der Waals surface area contributed by atoms with Crippen LogP contribution in [-0.2, 0) is 0 Å². The van der Waals surface area contributed by atoms with Gasteiger partial charge in [-0.05, 0) is 40.2 Å². The third kappa shape index (κ3) is 3.15. The number of benzene rings is 2. The molecule has 2 aromatic rings. The van der Waals surface area contributed by atoms with E-state index in [1.54, 1.807) is 24.3 Å². The lowest BCUT2D eigenvalue weighted by atomic mass is 9.97. The average Bonchev–Trinajstić information content (AvgIpc) is 2.45. The number of hydrogen-bond donors (Lipinski definition) is 1. The van der Waals surface area contributed by atoms with Crippen LogP contribution < -0.4 is 15.2 Å². The summed E-state index contributed by atoms with van der Waals surface area (Å²) in [6.45, 7) is 0. The van der Waals surface area contributed by atoms with E-state index in [-0.39, 0.29) is 5.56 Å². The van der Waals surface area contributed by atoms with E-state index in [4.69, 9.17) is 26.8 Å². The summed E-state index contributed by atoms with van der Waals surface area (Å²) in [5, 5.41) is 0.475. The third-order valence-electron chi connectivity index (χ3n) is 3.12. The standard InChI is InChI=1S/C15H14BrClFNO2/c1-20-12-5-3-4-11(18)13(12)14(19)9-6-8(17)7-10(16)15(9)21-2/h3-7,14H,19H2,1-2H3. The van der Waals surface area contributed by atoms with Gasteiger partial charge in [0.25, 0.3) is 0 Å². The minimum absolute atomic E-state index is 0.257. The maximum atomic E-state index is 14.2. The highest BCUT2D eigenvalue weighted by Gasteiger charge is 2.23. The Kier molecular flexibility index (Phi) is 5.08. The molecule has 112 valence electrons. The van der Waals surface area contributed by atoms with Gasteiger partial charge in [-0.3, -0.25) is 0 Å². The fraction of sp³-hybridized carbons (Fsp3) is 0.200. The van der Waals surface area contributed by atoms with Gasteiger partial charge in [0.15, 0.2) is 0 Å². The van der Waals surface area contributed by atoms with E-state index < -0.39 is 11.9 Å². The first-order valence-electron chi connectivity index (χ1n) is 6.10. The Morgan fingerprint density at radius 2 is 1.95 bits per heavy atom. The number of methoxy groups -OCH3 is 2. The molecule has 1 unspecified atom stereocenters. The SMILES string of the molecule is COc1cccc(F)c1C(N)c1cc(Cl)cc(Br)c1OC. The first-order chi connectivity index (χ1) is 9.99. The van der Waals surface area contributed by atoms with Gasteiger partial charge in [0.1, 0.15) is 17.3 Å². The molecule has 0 bridgehead atoms. The van der Waals surface area contributed by atoms with Gasteiger partial charge in [-0.1, -0.05) is 17.7 Å². The van der Waals surface area contributed by atoms with E-state index in [1.165, 1.54) is 20.3 Å². The van der Waals surface area contributed by atoms with Gasteiger partial charge in [0, 0.05) is 10.6 Å². The van der Waals surface area contributed by atoms with Crippen LogP contribution in [0, 0.1) is 5.82 Å². The molecule has 0 amide bonds. The molecule has 3 nitrogen and oxygen atoms in total. The van der Waals surface area contributed by atoms with Crippen LogP contribution in [0.15, 0.2) is 34.8 Å². The Morgan fingerprint density at radius 3 is 2.57 bits per heavy atom. The van der Waals surface area contributed by atoms with Gasteiger partial charge in [0.2, 0.25) is 0 Å². The molecule has 2 aromatic carbocycles. The van der Waals surface area contributed by atoms with E-state index in [1.807, 2.05) is 0 Å². The third-order valence-corrected chi connectivity index (χ3v) is 3.93. The van der Waals surface area contributed by atoms with Crippen molar-refractivity contribution in [1.82, 2.24) is 0 Å². The van der Waals surface area contributed by atoms with Crippen molar-refractivity contribution in [3.05, 3.63) is 56.8 Å². The largest absolute Gasteiger partial charge is 0.496 e. The summed E-state index contributed by atoms with van der Waals surface area (Å²) >= 11 is 9.42. The van der Waals surface area contributed by atoms with E-state index in [2.05, 4.69) is 15.9 Å². The monoisotopic (exact) mass is 373 g/mol. The van der Waals surface area contributed by atoms with Crippen LogP contribution in [0.25, 0.3) is 0 Å². The van der Waals surface area contributed by atoms with Crippen molar-refractivity contribution in [2.45, 2.75) is 6.04 Å². The Hall–Kier alpha value is -1.30. The van der Waals surface area contributed by atoms with Gasteiger partial charge in [-0.2, -0.15) is 0 Å². The highest BCUT2D eigenvalue weighted by Crippen LogP contribution is 2.40. The van der Waals surface area contributed by atoms with Gasteiger partial charge >= 0.3 is 0 Å². The number of hydrogen-bond acceptors (Lipinski definition) is 3. The summed E-state index contributed by atoms with van der Waals surface area (Å²) in [6, 6.07) is 7.13. The van der Waals surface area contributed by atoms with Crippen LogP contribution >= 0.6 is 27.5 Å². The molecule has 0 radical (unpaired) electrons. The molecule has 0 fully saturated rings. The van der Waals surface area contributed by atoms with Crippen molar-refractivity contribution in [3.63, 3.8) is 0 Å². The maximum absolute atomic E-state index is 14.2. The van der Waals surface area contributed by atoms with E-state index in [0.717, 1.165) is 0 Å². The zero-order valence-electron chi connectivity index (χ0n) is 11.5. The van der Waals surface area contributed by atoms with Crippen LogP contribution in [-0.4, -0.2) is 14.2 Å². The number of nitrogens with two attached hydrogens (primary N) is 1. The highest BCUT2D eigenvalue weighted by atomic mass is 79.9. The van der Waals surface area contributed by atoms with Crippen LogP contribution in [0.3, 0.4) is 0 Å². The zero-order valence-corrected chi connectivity index (χ0v) is 13.8. The maximum Gasteiger partial charge on any atom is 0.138 e. The quantitative estimate of drug-likeness (QED) is 0.867. The highest BCUT2D eigenvalue weighted by molar-refractivity contribution is 9.10. The first-order valence-corrected chi connectivity index (χ1v) is 7.27. The second-order valence-corrected chi connectivity index (χ2v) is 5.63. The number of rotatable bonds is 4. The molecule has 0 aliphatic carbocycles. The van der Waals surface area contributed by atoms with Crippen LogP contribution in [0.2, 0.25) is 5.02 Å². The molecule has 0 heterocycles. The van der Waals surface area contributed by atoms with Crippen molar-refractivity contribution in [1.29, 1.82) is 0 Å². The van der Waals surface area contributed by atoms with Gasteiger partial charge in [-0.25, -0.2) is 4.39 Å². The second kappa shape index (κ2) is 6.64. The summed E-state index contributed by atoms with van der Waals surface area (Å²) < 4.78 is 25.4. The molecule has 0 aliphatic rings. The van der Waals surface area contributed by atoms with E-state index in [0.29, 0.717) is 26.6 Å². The lowest BCUT2D eigenvalue weighted by molar-refractivity contribution is 0.394. The molecular weight excluding hydrogens is 361 g/mol. The van der Waals surface area contributed by atoms with Crippen molar-refractivity contribution < 1.29 is 13.9 Å². The van der Waals surface area contributed by atoms with Gasteiger partial charge < -0.3 is 15.2 Å². The van der Waals surface area contributed by atoms with E-state index in [9.17, 15) is 4.39 Å². The van der Waals surface area contributed by atoms with Gasteiger partial charge in [-0.15, -0.1) is 0 Å². The Labute approximate surface area is 135 Å². The molecule has 2 rings (SSSR count). The average molecular weight is 375 g/mol. The summed E-state index contributed by atoms with van der Waals surface area (Å²) in [4.78, 5) is 0. The smallest absolute Gasteiger partial charge is 0.138 e. The molecule has 0 saturated heterocycles. The topological polar surface area (TPSA) is 44.5 Å². The van der Waals surface area contributed by atoms with Gasteiger partial charge in [0.05, 0.1) is 30.3 Å². The van der Waals surface area contributed by atoms with Crippen molar-refractivity contribution >= 4 is 27.5 Å². The Bertz CT molecular complexity index is 666. The molecule has 0 saturated carbocycles. The Balaban J connectivity index is 2.63. The summed E-state index contributed by atoms with van der Waals surface area (Å²) in [6.07, 6.45) is 0. The van der Waals surface area contributed by atoms with E-state index >= 15 is 0 Å². The minimum Gasteiger partial charge on any atom is -0.496 e. The lowest BCUT2D eigenvalue weighted by Crippen LogP contribution is -2.16. The zero-order chi connectivity index (χ0) is 15.6. The van der Waals surface area contributed by atoms with Crippen LogP contribution in [0.5, 0.6) is 11.5 Å². The molecular formula is C15H14BrClFNO2. The van der Waals surface area contributed by atoms with Crippen LogP contribution in [0.4, 0.5) is 4.39 Å². The predicted molar refractivity (Wildman–Crippen MR) is 84.7 cm³/mol. The minimum atomic E-state index is -0.772. The molecule has 2 N–H and O–H groups in total.